The molecule has 98 valence electrons. The van der Waals surface area contributed by atoms with Gasteiger partial charge in [0.15, 0.2) is 0 Å². The Morgan fingerprint density at radius 3 is 2.35 bits per heavy atom. The molecular formula is C10H19N3O4. The van der Waals surface area contributed by atoms with Gasteiger partial charge in [-0.2, -0.15) is 0 Å². The van der Waals surface area contributed by atoms with Gasteiger partial charge in [-0.1, -0.05) is 13.8 Å². The fourth-order valence-corrected chi connectivity index (χ4v) is 1.51. The topological polar surface area (TPSA) is 90.9 Å². The first-order valence-electron chi connectivity index (χ1n) is 5.63. The van der Waals surface area contributed by atoms with Crippen LogP contribution in [0.15, 0.2) is 0 Å². The van der Waals surface area contributed by atoms with Gasteiger partial charge in [0.2, 0.25) is 0 Å². The van der Waals surface area contributed by atoms with Gasteiger partial charge in [-0.25, -0.2) is 14.6 Å². The number of carboxylic acid groups (broad SMARTS) is 1. The summed E-state index contributed by atoms with van der Waals surface area (Å²) >= 11 is 0. The zero-order valence-electron chi connectivity index (χ0n) is 10.1. The lowest BCUT2D eigenvalue weighted by Crippen LogP contribution is -2.55. The van der Waals surface area contributed by atoms with E-state index in [0.29, 0.717) is 26.3 Å². The van der Waals surface area contributed by atoms with E-state index < -0.39 is 18.0 Å². The number of hydrogen-bond acceptors (Lipinski definition) is 4. The molecule has 0 saturated carbocycles. The molecule has 1 aliphatic rings. The molecule has 0 spiro atoms. The van der Waals surface area contributed by atoms with Gasteiger partial charge in [0, 0.05) is 13.1 Å². The van der Waals surface area contributed by atoms with Crippen molar-refractivity contribution in [2.45, 2.75) is 19.9 Å². The lowest BCUT2D eigenvalue weighted by Gasteiger charge is -2.28. The molecule has 1 unspecified atom stereocenters. The quantitative estimate of drug-likeness (QED) is 0.629. The first-order valence-corrected chi connectivity index (χ1v) is 5.63. The molecule has 0 aromatic rings. The van der Waals surface area contributed by atoms with Gasteiger partial charge in [-0.05, 0) is 5.92 Å². The summed E-state index contributed by atoms with van der Waals surface area (Å²) in [7, 11) is 0. The molecule has 2 amide bonds. The number of hydrogen-bond donors (Lipinski definition) is 3. The van der Waals surface area contributed by atoms with Crippen molar-refractivity contribution in [1.29, 1.82) is 0 Å². The maximum absolute atomic E-state index is 11.6. The number of carbonyl (C=O) groups excluding carboxylic acids is 1. The van der Waals surface area contributed by atoms with Crippen molar-refractivity contribution < 1.29 is 19.4 Å². The van der Waals surface area contributed by atoms with E-state index in [4.69, 9.17) is 9.84 Å². The third kappa shape index (κ3) is 4.58. The highest BCUT2D eigenvalue weighted by molar-refractivity contribution is 5.82. The fraction of sp³-hybridized carbons (Fsp3) is 0.800. The highest BCUT2D eigenvalue weighted by Gasteiger charge is 2.24. The molecule has 1 saturated heterocycles. The van der Waals surface area contributed by atoms with E-state index in [1.807, 2.05) is 0 Å². The van der Waals surface area contributed by atoms with E-state index in [-0.39, 0.29) is 5.92 Å². The first kappa shape index (κ1) is 13.7. The molecule has 1 fully saturated rings. The van der Waals surface area contributed by atoms with Crippen LogP contribution in [0.25, 0.3) is 0 Å². The molecule has 17 heavy (non-hydrogen) atoms. The Hall–Kier alpha value is -1.34. The smallest absolute Gasteiger partial charge is 0.330 e. The molecule has 0 aromatic carbocycles. The lowest BCUT2D eigenvalue weighted by atomic mass is 10.1. The van der Waals surface area contributed by atoms with E-state index >= 15 is 0 Å². The van der Waals surface area contributed by atoms with E-state index in [0.717, 1.165) is 0 Å². The number of nitrogens with zero attached hydrogens (tertiary/aromatic N) is 1. The average molecular weight is 245 g/mol. The number of aliphatic carboxylic acids is 1. The van der Waals surface area contributed by atoms with Gasteiger partial charge in [0.25, 0.3) is 0 Å². The van der Waals surface area contributed by atoms with Crippen LogP contribution in [0, 0.1) is 5.92 Å². The maximum atomic E-state index is 11.6. The van der Waals surface area contributed by atoms with Crippen LogP contribution in [0.1, 0.15) is 13.8 Å². The molecule has 0 aromatic heterocycles. The largest absolute Gasteiger partial charge is 0.480 e. The van der Waals surface area contributed by atoms with E-state index in [1.54, 1.807) is 18.9 Å². The Morgan fingerprint density at radius 2 is 1.88 bits per heavy atom. The molecule has 7 nitrogen and oxygen atoms in total. The minimum absolute atomic E-state index is 0.164. The van der Waals surface area contributed by atoms with Crippen LogP contribution in [0.3, 0.4) is 0 Å². The summed E-state index contributed by atoms with van der Waals surface area (Å²) in [5.41, 5.74) is 2.60. The van der Waals surface area contributed by atoms with Gasteiger partial charge < -0.3 is 15.2 Å². The van der Waals surface area contributed by atoms with Crippen LogP contribution in [0.2, 0.25) is 0 Å². The summed E-state index contributed by atoms with van der Waals surface area (Å²) in [6.07, 6.45) is 0. The second-order valence-electron chi connectivity index (χ2n) is 4.24. The maximum Gasteiger partial charge on any atom is 0.330 e. The normalized spacial score (nSPS) is 18.8. The van der Waals surface area contributed by atoms with Gasteiger partial charge in [0.05, 0.1) is 13.2 Å². The van der Waals surface area contributed by atoms with E-state index in [1.165, 1.54) is 0 Å². The van der Waals surface area contributed by atoms with Gasteiger partial charge in [-0.15, -0.1) is 0 Å². The Labute approximate surface area is 100 Å². The molecule has 1 heterocycles. The Kier molecular flexibility index (Phi) is 5.17. The highest BCUT2D eigenvalue weighted by Crippen LogP contribution is 2.01. The molecule has 3 N–H and O–H groups in total. The van der Waals surface area contributed by atoms with Crippen molar-refractivity contribution in [2.24, 2.45) is 5.92 Å². The summed E-state index contributed by atoms with van der Waals surface area (Å²) < 4.78 is 5.13. The summed E-state index contributed by atoms with van der Waals surface area (Å²) in [5.74, 6) is -1.19. The average Bonchev–Trinajstić information content (AvgIpc) is 2.26. The van der Waals surface area contributed by atoms with Crippen LogP contribution < -0.4 is 10.7 Å². The molecule has 7 heteroatoms. The van der Waals surface area contributed by atoms with Crippen LogP contribution in [-0.4, -0.2) is 54.5 Å². The van der Waals surface area contributed by atoms with Gasteiger partial charge in [-0.3, -0.25) is 5.43 Å². The van der Waals surface area contributed by atoms with Gasteiger partial charge in [0.1, 0.15) is 6.04 Å². The minimum Gasteiger partial charge on any atom is -0.480 e. The van der Waals surface area contributed by atoms with Crippen molar-refractivity contribution in [3.05, 3.63) is 0 Å². The van der Waals surface area contributed by atoms with Crippen LogP contribution in [-0.2, 0) is 9.53 Å². The predicted octanol–water partition coefficient (Wildman–Crippen LogP) is -0.358. The van der Waals surface area contributed by atoms with E-state index in [2.05, 4.69) is 10.7 Å². The standard InChI is InChI=1S/C10H19N3O4/c1-7(2)8(9(14)15)11-10(16)12-13-3-5-17-6-4-13/h7-8H,3-6H2,1-2H3,(H,14,15)(H2,11,12,16). The number of ether oxygens (including phenoxy) is 1. The van der Waals surface area contributed by atoms with Crippen molar-refractivity contribution >= 4 is 12.0 Å². The van der Waals surface area contributed by atoms with Gasteiger partial charge >= 0.3 is 12.0 Å². The number of hydrazine groups is 1. The molecule has 1 atom stereocenters. The lowest BCUT2D eigenvalue weighted by molar-refractivity contribution is -0.140. The molecule has 1 rings (SSSR count). The summed E-state index contributed by atoms with van der Waals surface area (Å²) in [4.78, 5) is 22.5. The summed E-state index contributed by atoms with van der Waals surface area (Å²) in [5, 5.41) is 13.1. The SMILES string of the molecule is CC(C)C(NC(=O)NN1CCOCC1)C(=O)O. The summed E-state index contributed by atoms with van der Waals surface area (Å²) in [6, 6.07) is -1.37. The highest BCUT2D eigenvalue weighted by atomic mass is 16.5. The number of nitrogens with one attached hydrogen (secondary N) is 2. The molecular weight excluding hydrogens is 226 g/mol. The molecule has 0 aliphatic carbocycles. The van der Waals surface area contributed by atoms with Crippen molar-refractivity contribution in [3.8, 4) is 0 Å². The minimum atomic E-state index is -1.03. The number of morpholine rings is 1. The molecule has 0 bridgehead atoms. The molecule has 0 radical (unpaired) electrons. The van der Waals surface area contributed by atoms with Crippen LogP contribution >= 0.6 is 0 Å². The predicted molar refractivity (Wildman–Crippen MR) is 60.3 cm³/mol. The fourth-order valence-electron chi connectivity index (χ4n) is 1.51. The monoisotopic (exact) mass is 245 g/mol. The second kappa shape index (κ2) is 6.41. The zero-order chi connectivity index (χ0) is 12.8. The van der Waals surface area contributed by atoms with Crippen LogP contribution in [0.5, 0.6) is 0 Å². The zero-order valence-corrected chi connectivity index (χ0v) is 10.1. The van der Waals surface area contributed by atoms with E-state index in [9.17, 15) is 9.59 Å². The molecule has 1 aliphatic heterocycles. The Morgan fingerprint density at radius 1 is 1.29 bits per heavy atom. The van der Waals surface area contributed by atoms with Crippen molar-refractivity contribution in [2.75, 3.05) is 26.3 Å². The second-order valence-corrected chi connectivity index (χ2v) is 4.24. The van der Waals surface area contributed by atoms with Crippen LogP contribution in [0.4, 0.5) is 4.79 Å². The number of urea groups is 1. The van der Waals surface area contributed by atoms with Crippen molar-refractivity contribution in [3.63, 3.8) is 0 Å². The Balaban J connectivity index is 2.38. The van der Waals surface area contributed by atoms with Crippen molar-refractivity contribution in [1.82, 2.24) is 15.8 Å². The first-order chi connectivity index (χ1) is 8.00. The summed E-state index contributed by atoms with van der Waals surface area (Å²) in [6.45, 7) is 5.82. The Bertz CT molecular complexity index is 277. The number of amides is 2. The number of carbonyl (C=O) groups is 2. The number of carboxylic acids is 1. The third-order valence-corrected chi connectivity index (χ3v) is 2.49. The third-order valence-electron chi connectivity index (χ3n) is 2.49. The number of rotatable bonds is 4.